The maximum Gasteiger partial charge on any atom is 0.233 e. The highest BCUT2D eigenvalue weighted by atomic mass is 15.1. The van der Waals surface area contributed by atoms with Crippen LogP contribution in [0.1, 0.15) is 32.9 Å². The molecule has 2 rings (SSSR count). The molecule has 0 spiro atoms. The molecule has 0 bridgehead atoms. The average molecular weight is 203 g/mol. The Hall–Kier alpha value is -1.38. The molecule has 0 amide bonds. The number of fused-ring (bicyclic) bond motifs is 1. The first-order chi connectivity index (χ1) is 7.11. The van der Waals surface area contributed by atoms with Gasteiger partial charge in [-0.3, -0.25) is 4.40 Å². The minimum atomic E-state index is 0.317. The van der Waals surface area contributed by atoms with Crippen molar-refractivity contribution >= 4 is 5.78 Å². The second kappa shape index (κ2) is 3.65. The fraction of sp³-hybridized carbons (Fsp3) is 0.500. The fourth-order valence-corrected chi connectivity index (χ4v) is 1.58. The first kappa shape index (κ1) is 10.1. The predicted molar refractivity (Wildman–Crippen MR) is 60.8 cm³/mol. The molecule has 0 aliphatic carbocycles. The lowest BCUT2D eigenvalue weighted by Gasteiger charge is -2.20. The van der Waals surface area contributed by atoms with Gasteiger partial charge in [0.15, 0.2) is 0 Å². The first-order valence-electron chi connectivity index (χ1n) is 5.39. The van der Waals surface area contributed by atoms with E-state index in [0.717, 1.165) is 24.3 Å². The van der Waals surface area contributed by atoms with E-state index in [1.165, 1.54) is 0 Å². The number of imidazole rings is 1. The monoisotopic (exact) mass is 203 g/mol. The van der Waals surface area contributed by atoms with E-state index in [2.05, 4.69) is 36.9 Å². The van der Waals surface area contributed by atoms with Gasteiger partial charge in [0.2, 0.25) is 5.78 Å². The lowest BCUT2D eigenvalue weighted by Crippen LogP contribution is -2.13. The van der Waals surface area contributed by atoms with Crippen molar-refractivity contribution in [3.05, 3.63) is 30.4 Å². The van der Waals surface area contributed by atoms with Crippen molar-refractivity contribution < 1.29 is 0 Å². The summed E-state index contributed by atoms with van der Waals surface area (Å²) in [7, 11) is 0. The van der Waals surface area contributed by atoms with Gasteiger partial charge in [0, 0.05) is 18.6 Å². The third-order valence-electron chi connectivity index (χ3n) is 2.90. The SMILES string of the molecule is CCC(C)(C)Cc1cn2cccnc2n1. The highest BCUT2D eigenvalue weighted by Crippen LogP contribution is 2.24. The number of nitrogens with zero attached hydrogens (tertiary/aromatic N) is 3. The molecule has 2 heterocycles. The molecule has 0 aromatic carbocycles. The summed E-state index contributed by atoms with van der Waals surface area (Å²) in [5.74, 6) is 0.791. The maximum absolute atomic E-state index is 4.50. The molecule has 0 saturated heterocycles. The van der Waals surface area contributed by atoms with Gasteiger partial charge in [0.1, 0.15) is 0 Å². The van der Waals surface area contributed by atoms with Gasteiger partial charge >= 0.3 is 0 Å². The Morgan fingerprint density at radius 2 is 2.20 bits per heavy atom. The van der Waals surface area contributed by atoms with Gasteiger partial charge in [-0.25, -0.2) is 9.97 Å². The Morgan fingerprint density at radius 3 is 2.87 bits per heavy atom. The van der Waals surface area contributed by atoms with E-state index in [-0.39, 0.29) is 0 Å². The van der Waals surface area contributed by atoms with Crippen LogP contribution in [0.15, 0.2) is 24.7 Å². The fourth-order valence-electron chi connectivity index (χ4n) is 1.58. The molecule has 0 N–H and O–H groups in total. The van der Waals surface area contributed by atoms with Crippen molar-refractivity contribution in [3.63, 3.8) is 0 Å². The minimum Gasteiger partial charge on any atom is -0.291 e. The molecule has 0 aliphatic heterocycles. The standard InChI is InChI=1S/C12H17N3/c1-4-12(2,3)8-10-9-15-7-5-6-13-11(15)14-10/h5-7,9H,4,8H2,1-3H3. The molecule has 2 aromatic rings. The molecular formula is C12H17N3. The van der Waals surface area contributed by atoms with Crippen LogP contribution < -0.4 is 0 Å². The van der Waals surface area contributed by atoms with Crippen molar-refractivity contribution in [3.8, 4) is 0 Å². The lowest BCUT2D eigenvalue weighted by molar-refractivity contribution is 0.346. The summed E-state index contributed by atoms with van der Waals surface area (Å²) in [5.41, 5.74) is 1.44. The Balaban J connectivity index is 2.30. The van der Waals surface area contributed by atoms with E-state index in [1.807, 2.05) is 16.7 Å². The molecular weight excluding hydrogens is 186 g/mol. The normalized spacial score (nSPS) is 12.2. The zero-order valence-electron chi connectivity index (χ0n) is 9.57. The molecule has 0 atom stereocenters. The van der Waals surface area contributed by atoms with Crippen molar-refractivity contribution in [2.45, 2.75) is 33.6 Å². The molecule has 0 radical (unpaired) electrons. The molecule has 15 heavy (non-hydrogen) atoms. The lowest BCUT2D eigenvalue weighted by atomic mass is 9.85. The van der Waals surface area contributed by atoms with E-state index in [4.69, 9.17) is 0 Å². The summed E-state index contributed by atoms with van der Waals surface area (Å²) >= 11 is 0. The maximum atomic E-state index is 4.50. The van der Waals surface area contributed by atoms with Crippen LogP contribution in [0, 0.1) is 5.41 Å². The summed E-state index contributed by atoms with van der Waals surface area (Å²) in [6.07, 6.45) is 8.00. The number of hydrogen-bond acceptors (Lipinski definition) is 2. The Labute approximate surface area is 90.2 Å². The molecule has 3 heteroatoms. The Kier molecular flexibility index (Phi) is 2.47. The zero-order valence-corrected chi connectivity index (χ0v) is 9.57. The molecule has 80 valence electrons. The smallest absolute Gasteiger partial charge is 0.233 e. The number of rotatable bonds is 3. The second-order valence-corrected chi connectivity index (χ2v) is 4.75. The van der Waals surface area contributed by atoms with E-state index in [0.29, 0.717) is 5.41 Å². The van der Waals surface area contributed by atoms with Gasteiger partial charge in [0.05, 0.1) is 5.69 Å². The van der Waals surface area contributed by atoms with E-state index in [1.54, 1.807) is 6.20 Å². The van der Waals surface area contributed by atoms with Crippen LogP contribution in [0.4, 0.5) is 0 Å². The topological polar surface area (TPSA) is 30.2 Å². The average Bonchev–Trinajstić information content (AvgIpc) is 2.58. The van der Waals surface area contributed by atoms with Crippen LogP contribution in [0.5, 0.6) is 0 Å². The second-order valence-electron chi connectivity index (χ2n) is 4.75. The predicted octanol–water partition coefficient (Wildman–Crippen LogP) is 2.71. The van der Waals surface area contributed by atoms with E-state index in [9.17, 15) is 0 Å². The highest BCUT2D eigenvalue weighted by Gasteiger charge is 2.17. The van der Waals surface area contributed by atoms with Crippen LogP contribution in [0.3, 0.4) is 0 Å². The Morgan fingerprint density at radius 1 is 1.40 bits per heavy atom. The third-order valence-corrected chi connectivity index (χ3v) is 2.90. The molecule has 0 unspecified atom stereocenters. The van der Waals surface area contributed by atoms with Gasteiger partial charge in [-0.15, -0.1) is 0 Å². The van der Waals surface area contributed by atoms with E-state index < -0.39 is 0 Å². The summed E-state index contributed by atoms with van der Waals surface area (Å²) in [6, 6.07) is 1.92. The summed E-state index contributed by atoms with van der Waals surface area (Å²) in [4.78, 5) is 8.71. The minimum absolute atomic E-state index is 0.317. The van der Waals surface area contributed by atoms with Crippen LogP contribution >= 0.6 is 0 Å². The molecule has 3 nitrogen and oxygen atoms in total. The van der Waals surface area contributed by atoms with Crippen molar-refractivity contribution in [2.24, 2.45) is 5.41 Å². The van der Waals surface area contributed by atoms with E-state index >= 15 is 0 Å². The molecule has 2 aromatic heterocycles. The number of aromatic nitrogens is 3. The van der Waals surface area contributed by atoms with Crippen LogP contribution in [-0.2, 0) is 6.42 Å². The quantitative estimate of drug-likeness (QED) is 0.767. The third kappa shape index (κ3) is 2.17. The Bertz CT molecular complexity index is 424. The molecule has 0 fully saturated rings. The van der Waals surface area contributed by atoms with Crippen molar-refractivity contribution in [1.29, 1.82) is 0 Å². The van der Waals surface area contributed by atoms with Gasteiger partial charge in [0.25, 0.3) is 0 Å². The van der Waals surface area contributed by atoms with Crippen molar-refractivity contribution in [2.75, 3.05) is 0 Å². The van der Waals surface area contributed by atoms with Crippen LogP contribution in [0.2, 0.25) is 0 Å². The van der Waals surface area contributed by atoms with Gasteiger partial charge in [-0.1, -0.05) is 27.2 Å². The first-order valence-corrected chi connectivity index (χ1v) is 5.39. The number of hydrogen-bond donors (Lipinski definition) is 0. The van der Waals surface area contributed by atoms with Gasteiger partial charge in [-0.2, -0.15) is 0 Å². The zero-order chi connectivity index (χ0) is 10.9. The van der Waals surface area contributed by atoms with Crippen LogP contribution in [0.25, 0.3) is 5.78 Å². The summed E-state index contributed by atoms with van der Waals surface area (Å²) in [6.45, 7) is 6.75. The molecule has 0 saturated carbocycles. The van der Waals surface area contributed by atoms with Crippen molar-refractivity contribution in [1.82, 2.24) is 14.4 Å². The molecule has 0 aliphatic rings. The van der Waals surface area contributed by atoms with Gasteiger partial charge < -0.3 is 0 Å². The van der Waals surface area contributed by atoms with Crippen LogP contribution in [-0.4, -0.2) is 14.4 Å². The summed E-state index contributed by atoms with van der Waals surface area (Å²) < 4.78 is 1.97. The van der Waals surface area contributed by atoms with Gasteiger partial charge in [-0.05, 0) is 17.9 Å². The summed E-state index contributed by atoms with van der Waals surface area (Å²) in [5, 5.41) is 0. The largest absolute Gasteiger partial charge is 0.291 e. The highest BCUT2D eigenvalue weighted by molar-refractivity contribution is 5.29.